The van der Waals surface area contributed by atoms with E-state index in [0.717, 1.165) is 36.6 Å². The summed E-state index contributed by atoms with van der Waals surface area (Å²) >= 11 is 0. The topological polar surface area (TPSA) is 103 Å². The molecule has 204 valence electrons. The van der Waals surface area contributed by atoms with Crippen LogP contribution >= 0.6 is 9.90 Å². The SMILES string of the molecule is COc1cc(CC(C)(C)C(F)(F)F)c(F)cc1-n1c(=O)ccc2cc(S(=O)(=O)Nc3ccon3)ccc21.P. The van der Waals surface area contributed by atoms with Crippen molar-refractivity contribution in [2.45, 2.75) is 31.3 Å². The van der Waals surface area contributed by atoms with Gasteiger partial charge in [0.1, 0.15) is 17.8 Å². The summed E-state index contributed by atoms with van der Waals surface area (Å²) in [7, 11) is -2.81. The van der Waals surface area contributed by atoms with Crippen LogP contribution in [0, 0.1) is 11.2 Å². The zero-order valence-electron chi connectivity index (χ0n) is 20.5. The molecule has 2 heterocycles. The molecule has 2 aromatic heterocycles. The molecule has 14 heteroatoms. The lowest BCUT2D eigenvalue weighted by Gasteiger charge is -2.28. The van der Waals surface area contributed by atoms with Crippen molar-refractivity contribution in [2.24, 2.45) is 5.41 Å². The normalized spacial score (nSPS) is 12.3. The summed E-state index contributed by atoms with van der Waals surface area (Å²) < 4.78 is 93.9. The van der Waals surface area contributed by atoms with Crippen molar-refractivity contribution in [3.8, 4) is 11.4 Å². The molecule has 0 saturated heterocycles. The van der Waals surface area contributed by atoms with Crippen molar-refractivity contribution < 1.29 is 35.2 Å². The van der Waals surface area contributed by atoms with Crippen LogP contribution in [0.15, 0.2) is 69.0 Å². The van der Waals surface area contributed by atoms with E-state index in [1.165, 1.54) is 43.7 Å². The molecule has 0 fully saturated rings. The number of halogens is 4. The number of benzene rings is 2. The molecule has 0 aliphatic rings. The summed E-state index contributed by atoms with van der Waals surface area (Å²) in [6, 6.07) is 9.82. The smallest absolute Gasteiger partial charge is 0.394 e. The lowest BCUT2D eigenvalue weighted by Crippen LogP contribution is -2.34. The Hall–Kier alpha value is -3.44. The maximum absolute atomic E-state index is 15.1. The number of nitrogens with one attached hydrogen (secondary N) is 1. The van der Waals surface area contributed by atoms with Gasteiger partial charge in [-0.3, -0.25) is 14.1 Å². The van der Waals surface area contributed by atoms with Gasteiger partial charge in [0, 0.05) is 23.6 Å². The maximum Gasteiger partial charge on any atom is 0.394 e. The van der Waals surface area contributed by atoms with E-state index in [1.807, 2.05) is 0 Å². The van der Waals surface area contributed by atoms with Crippen LogP contribution in [0.1, 0.15) is 19.4 Å². The summed E-state index contributed by atoms with van der Waals surface area (Å²) in [6.45, 7) is 1.93. The molecule has 4 rings (SSSR count). The first-order chi connectivity index (χ1) is 17.2. The van der Waals surface area contributed by atoms with Crippen LogP contribution in [0.4, 0.5) is 23.4 Å². The summed E-state index contributed by atoms with van der Waals surface area (Å²) in [4.78, 5) is 12.7. The molecule has 0 amide bonds. The minimum atomic E-state index is -4.57. The zero-order valence-corrected chi connectivity index (χ0v) is 22.7. The molecular formula is C24H24F4N3O5PS. The number of nitrogens with zero attached hydrogens (tertiary/aromatic N) is 2. The van der Waals surface area contributed by atoms with E-state index >= 15 is 4.39 Å². The average Bonchev–Trinajstić information content (AvgIpc) is 3.31. The van der Waals surface area contributed by atoms with Crippen molar-refractivity contribution in [1.82, 2.24) is 9.72 Å². The average molecular weight is 574 g/mol. The Morgan fingerprint density at radius 1 is 1.08 bits per heavy atom. The third kappa shape index (κ3) is 5.53. The number of methoxy groups -OCH3 is 1. The first-order valence-electron chi connectivity index (χ1n) is 10.8. The van der Waals surface area contributed by atoms with Gasteiger partial charge in [-0.25, -0.2) is 12.8 Å². The Labute approximate surface area is 218 Å². The summed E-state index contributed by atoms with van der Waals surface area (Å²) in [5.74, 6) is -1.01. The van der Waals surface area contributed by atoms with Crippen LogP contribution in [0.25, 0.3) is 16.6 Å². The van der Waals surface area contributed by atoms with Gasteiger partial charge in [0.25, 0.3) is 15.6 Å². The van der Waals surface area contributed by atoms with E-state index in [1.54, 1.807) is 0 Å². The molecule has 0 aliphatic carbocycles. The van der Waals surface area contributed by atoms with Gasteiger partial charge in [0.2, 0.25) is 0 Å². The number of sulfonamides is 1. The van der Waals surface area contributed by atoms with Crippen LogP contribution in [0.3, 0.4) is 0 Å². The molecule has 38 heavy (non-hydrogen) atoms. The number of anilines is 1. The summed E-state index contributed by atoms with van der Waals surface area (Å²) in [5, 5.41) is 3.81. The molecule has 1 unspecified atom stereocenters. The predicted octanol–water partition coefficient (Wildman–Crippen LogP) is 5.12. The third-order valence-corrected chi connectivity index (χ3v) is 7.19. The van der Waals surface area contributed by atoms with Gasteiger partial charge in [-0.15, -0.1) is 0 Å². The van der Waals surface area contributed by atoms with E-state index in [2.05, 4.69) is 14.4 Å². The second kappa shape index (κ2) is 10.4. The molecular weight excluding hydrogens is 549 g/mol. The van der Waals surface area contributed by atoms with Crippen LogP contribution < -0.4 is 15.0 Å². The first kappa shape index (κ1) is 29.1. The molecule has 0 spiro atoms. The van der Waals surface area contributed by atoms with Crippen LogP contribution in [-0.4, -0.2) is 31.4 Å². The van der Waals surface area contributed by atoms with Gasteiger partial charge in [-0.05, 0) is 42.3 Å². The van der Waals surface area contributed by atoms with Gasteiger partial charge in [-0.1, -0.05) is 19.0 Å². The highest BCUT2D eigenvalue weighted by molar-refractivity contribution is 7.92. The molecule has 4 aromatic rings. The molecule has 2 aromatic carbocycles. The van der Waals surface area contributed by atoms with E-state index in [0.29, 0.717) is 5.39 Å². The number of pyridine rings is 1. The molecule has 0 bridgehead atoms. The Morgan fingerprint density at radius 3 is 2.39 bits per heavy atom. The van der Waals surface area contributed by atoms with Gasteiger partial charge >= 0.3 is 6.18 Å². The minimum Gasteiger partial charge on any atom is -0.495 e. The molecule has 0 aliphatic heterocycles. The lowest BCUT2D eigenvalue weighted by atomic mass is 9.84. The molecule has 1 N–H and O–H groups in total. The summed E-state index contributed by atoms with van der Waals surface area (Å²) in [6.07, 6.45) is -4.03. The fraction of sp³-hybridized carbons (Fsp3) is 0.250. The second-order valence-corrected chi connectivity index (χ2v) is 10.6. The Balaban J connectivity index is 0.00000400. The van der Waals surface area contributed by atoms with Crippen molar-refractivity contribution in [3.63, 3.8) is 0 Å². The van der Waals surface area contributed by atoms with Gasteiger partial charge in [-0.2, -0.15) is 23.1 Å². The number of hydrogen-bond acceptors (Lipinski definition) is 6. The molecule has 1 atom stereocenters. The minimum absolute atomic E-state index is 0. The fourth-order valence-electron chi connectivity index (χ4n) is 3.74. The lowest BCUT2D eigenvalue weighted by molar-refractivity contribution is -0.211. The maximum atomic E-state index is 15.1. The number of hydrogen-bond donors (Lipinski definition) is 1. The van der Waals surface area contributed by atoms with E-state index < -0.39 is 39.4 Å². The van der Waals surface area contributed by atoms with Crippen molar-refractivity contribution >= 4 is 36.6 Å². The fourth-order valence-corrected chi connectivity index (χ4v) is 4.76. The zero-order chi connectivity index (χ0) is 27.2. The number of ether oxygens (including phenoxy) is 1. The first-order valence-corrected chi connectivity index (χ1v) is 12.2. The Bertz CT molecular complexity index is 1640. The van der Waals surface area contributed by atoms with E-state index in [9.17, 15) is 26.4 Å². The Kier molecular flexibility index (Phi) is 7.95. The highest BCUT2D eigenvalue weighted by Gasteiger charge is 2.47. The Morgan fingerprint density at radius 2 is 1.79 bits per heavy atom. The van der Waals surface area contributed by atoms with Crippen LogP contribution in [0.2, 0.25) is 0 Å². The second-order valence-electron chi connectivity index (χ2n) is 8.89. The van der Waals surface area contributed by atoms with Crippen LogP contribution in [0.5, 0.6) is 5.75 Å². The monoisotopic (exact) mass is 573 g/mol. The largest absolute Gasteiger partial charge is 0.495 e. The van der Waals surface area contributed by atoms with Gasteiger partial charge in [0.05, 0.1) is 28.6 Å². The molecule has 0 radical (unpaired) electrons. The third-order valence-electron chi connectivity index (χ3n) is 5.84. The van der Waals surface area contributed by atoms with E-state index in [4.69, 9.17) is 4.74 Å². The van der Waals surface area contributed by atoms with Crippen LogP contribution in [-0.2, 0) is 16.4 Å². The van der Waals surface area contributed by atoms with Gasteiger partial charge < -0.3 is 9.26 Å². The number of alkyl halides is 3. The van der Waals surface area contributed by atoms with E-state index in [-0.39, 0.29) is 43.1 Å². The highest BCUT2D eigenvalue weighted by atomic mass is 32.2. The van der Waals surface area contributed by atoms with Gasteiger partial charge in [0.15, 0.2) is 5.82 Å². The highest BCUT2D eigenvalue weighted by Crippen LogP contribution is 2.41. The predicted molar refractivity (Wildman–Crippen MR) is 138 cm³/mol. The summed E-state index contributed by atoms with van der Waals surface area (Å²) in [5.41, 5.74) is -2.87. The van der Waals surface area contributed by atoms with Crippen molar-refractivity contribution in [3.05, 3.63) is 76.5 Å². The molecule has 8 nitrogen and oxygen atoms in total. The quantitative estimate of drug-likeness (QED) is 0.243. The number of fused-ring (bicyclic) bond motifs is 1. The van der Waals surface area contributed by atoms with Crippen molar-refractivity contribution in [1.29, 1.82) is 0 Å². The number of aromatic nitrogens is 2. The van der Waals surface area contributed by atoms with Crippen molar-refractivity contribution in [2.75, 3.05) is 11.8 Å². The number of rotatable bonds is 7. The standard InChI is InChI=1S/C24H21F4N3O5S.H3P/c1-23(2,24(26,27)28)13-15-11-20(35-3)19(12-17(15)25)31-18-6-5-16(10-14(18)4-7-22(31)32)37(33,34)30-21-8-9-36-29-21;/h4-12H,13H2,1-3H3,(H,29,30);1H3. The molecule has 0 saturated carbocycles.